The van der Waals surface area contributed by atoms with Gasteiger partial charge in [-0.05, 0) is 128 Å². The number of nitrogens with one attached hydrogen (secondary N) is 1. The zero-order valence-corrected chi connectivity index (χ0v) is 37.3. The molecule has 0 radical (unpaired) electrons. The van der Waals surface area contributed by atoms with Gasteiger partial charge in [-0.15, -0.1) is 10.2 Å². The van der Waals surface area contributed by atoms with E-state index in [-0.39, 0.29) is 31.0 Å². The van der Waals surface area contributed by atoms with E-state index in [9.17, 15) is 13.2 Å². The molecule has 310 valence electrons. The molecule has 18 heteroatoms. The number of methoxy groups -OCH3 is 3. The number of rotatable bonds is 16. The van der Waals surface area contributed by atoms with Crippen LogP contribution in [-0.4, -0.2) is 85.7 Å². The number of sulfonamides is 1. The molecule has 4 aromatic carbocycles. The number of carbonyl (C=O) groups is 1. The van der Waals surface area contributed by atoms with Crippen LogP contribution in [0.15, 0.2) is 94.7 Å². The molecule has 0 fully saturated rings. The van der Waals surface area contributed by atoms with E-state index in [0.717, 1.165) is 5.56 Å². The SMILES string of the molecule is COc1ccc(CN(Cc2ccc(OC)cc2)S(=O)(=O)c2c(S(=O)(=O)CC(C)(C)NC(=O)OC(C)(C)C)ccc(I)c2-c2nnn(Cc3ccc(OC)cc3)n2)cc1. The van der Waals surface area contributed by atoms with Crippen molar-refractivity contribution in [3.05, 3.63) is 105 Å². The maximum Gasteiger partial charge on any atom is 0.408 e. The van der Waals surface area contributed by atoms with Crippen LogP contribution < -0.4 is 19.5 Å². The summed E-state index contributed by atoms with van der Waals surface area (Å²) in [7, 11) is -4.66. The summed E-state index contributed by atoms with van der Waals surface area (Å²) in [6.07, 6.45) is -0.827. The van der Waals surface area contributed by atoms with Gasteiger partial charge in [0.2, 0.25) is 15.8 Å². The van der Waals surface area contributed by atoms with Gasteiger partial charge in [-0.25, -0.2) is 21.6 Å². The average molecular weight is 947 g/mol. The molecule has 0 aliphatic rings. The predicted molar refractivity (Wildman–Crippen MR) is 226 cm³/mol. The first-order valence-electron chi connectivity index (χ1n) is 18.0. The number of aromatic nitrogens is 4. The molecular formula is C40H47IN6O9S2. The number of hydrogen-bond donors (Lipinski definition) is 1. The summed E-state index contributed by atoms with van der Waals surface area (Å²) in [5.74, 6) is 1.03. The molecule has 0 saturated carbocycles. The third-order valence-corrected chi connectivity index (χ3v) is 13.6. The lowest BCUT2D eigenvalue weighted by molar-refractivity contribution is 0.0482. The van der Waals surface area contributed by atoms with Crippen molar-refractivity contribution >= 4 is 48.5 Å². The quantitative estimate of drug-likeness (QED) is 0.107. The van der Waals surface area contributed by atoms with Gasteiger partial charge in [0.05, 0.1) is 49.6 Å². The van der Waals surface area contributed by atoms with Gasteiger partial charge in [0, 0.05) is 16.7 Å². The van der Waals surface area contributed by atoms with E-state index in [1.165, 1.54) is 49.3 Å². The van der Waals surface area contributed by atoms with Gasteiger partial charge in [-0.3, -0.25) is 0 Å². The Morgan fingerprint density at radius 1 is 0.741 bits per heavy atom. The molecule has 58 heavy (non-hydrogen) atoms. The summed E-state index contributed by atoms with van der Waals surface area (Å²) in [5.41, 5.74) is -0.262. The standard InChI is InChI=1S/C40H47IN6O9S2/c1-39(2,3)56-38(48)42-40(4,5)26-57(49,50)34-22-21-33(41)35(37-43-45-47(44-37)25-29-13-19-32(55-8)20-14-29)36(34)58(51,52)46(23-27-9-15-30(53-6)16-10-27)24-28-11-17-31(54-7)18-12-28/h9-22H,23-26H2,1-8H3,(H,42,48). The first kappa shape index (κ1) is 44.3. The molecule has 0 atom stereocenters. The van der Waals surface area contributed by atoms with E-state index in [1.54, 1.807) is 88.5 Å². The lowest BCUT2D eigenvalue weighted by Gasteiger charge is -2.29. The minimum absolute atomic E-state index is 0.0463. The number of tetrazole rings is 1. The van der Waals surface area contributed by atoms with Gasteiger partial charge in [-0.2, -0.15) is 9.10 Å². The number of hydrogen-bond acceptors (Lipinski definition) is 12. The maximum absolute atomic E-state index is 15.5. The van der Waals surface area contributed by atoms with Crippen LogP contribution in [0.3, 0.4) is 0 Å². The topological polar surface area (TPSA) is 181 Å². The fraction of sp³-hybridized carbons (Fsp3) is 0.350. The monoisotopic (exact) mass is 946 g/mol. The first-order valence-corrected chi connectivity index (χ1v) is 22.1. The van der Waals surface area contributed by atoms with Gasteiger partial charge in [-0.1, -0.05) is 36.4 Å². The fourth-order valence-corrected chi connectivity index (χ4v) is 11.0. The summed E-state index contributed by atoms with van der Waals surface area (Å²) in [5, 5.41) is 15.7. The van der Waals surface area contributed by atoms with Crippen LogP contribution >= 0.6 is 22.6 Å². The van der Waals surface area contributed by atoms with E-state index in [2.05, 4.69) is 20.7 Å². The van der Waals surface area contributed by atoms with Crippen LogP contribution in [0.25, 0.3) is 11.4 Å². The van der Waals surface area contributed by atoms with Crippen LogP contribution in [0.5, 0.6) is 17.2 Å². The zero-order chi connectivity index (χ0) is 42.5. The van der Waals surface area contributed by atoms with Crippen molar-refractivity contribution in [2.24, 2.45) is 0 Å². The van der Waals surface area contributed by atoms with Crippen LogP contribution in [0.2, 0.25) is 0 Å². The van der Waals surface area contributed by atoms with Crippen LogP contribution in [-0.2, 0) is 44.2 Å². The molecule has 1 aromatic heterocycles. The van der Waals surface area contributed by atoms with Crippen LogP contribution in [0.4, 0.5) is 4.79 Å². The minimum atomic E-state index is -4.76. The molecule has 1 amide bonds. The Balaban J connectivity index is 1.69. The number of benzene rings is 4. The summed E-state index contributed by atoms with van der Waals surface area (Å²) in [6.45, 7) is 7.98. The van der Waals surface area contributed by atoms with Crippen LogP contribution in [0.1, 0.15) is 51.3 Å². The Labute approximate surface area is 353 Å². The van der Waals surface area contributed by atoms with Crippen molar-refractivity contribution in [3.8, 4) is 28.6 Å². The normalized spacial score (nSPS) is 12.3. The Bertz CT molecular complexity index is 2380. The van der Waals surface area contributed by atoms with Crippen molar-refractivity contribution in [2.45, 2.75) is 75.2 Å². The number of amides is 1. The number of sulfone groups is 1. The third kappa shape index (κ3) is 11.2. The number of carbonyl (C=O) groups excluding carboxylic acids is 1. The second-order valence-electron chi connectivity index (χ2n) is 15.0. The first-order chi connectivity index (χ1) is 27.2. The molecule has 5 rings (SSSR count). The van der Waals surface area contributed by atoms with Crippen molar-refractivity contribution in [2.75, 3.05) is 27.1 Å². The van der Waals surface area contributed by atoms with E-state index < -0.39 is 52.6 Å². The van der Waals surface area contributed by atoms with Crippen molar-refractivity contribution in [1.82, 2.24) is 29.8 Å². The Kier molecular flexibility index (Phi) is 13.8. The van der Waals surface area contributed by atoms with Gasteiger partial charge in [0.1, 0.15) is 27.7 Å². The largest absolute Gasteiger partial charge is 0.497 e. The molecule has 0 spiro atoms. The van der Waals surface area contributed by atoms with E-state index >= 15 is 8.42 Å². The highest BCUT2D eigenvalue weighted by Gasteiger charge is 2.40. The molecule has 1 N–H and O–H groups in total. The maximum atomic E-state index is 15.5. The molecule has 0 bridgehead atoms. The average Bonchev–Trinajstić information content (AvgIpc) is 3.61. The highest BCUT2D eigenvalue weighted by atomic mass is 127. The second kappa shape index (κ2) is 18.0. The zero-order valence-electron chi connectivity index (χ0n) is 33.5. The number of halogens is 1. The molecule has 0 unspecified atom stereocenters. The number of alkyl carbamates (subject to hydrolysis) is 1. The van der Waals surface area contributed by atoms with Crippen molar-refractivity contribution in [1.29, 1.82) is 0 Å². The molecule has 0 aliphatic heterocycles. The molecule has 0 aliphatic carbocycles. The Morgan fingerprint density at radius 3 is 1.69 bits per heavy atom. The Morgan fingerprint density at radius 2 is 1.22 bits per heavy atom. The lowest BCUT2D eigenvalue weighted by Crippen LogP contribution is -2.50. The third-order valence-electron chi connectivity index (χ3n) is 8.59. The summed E-state index contributed by atoms with van der Waals surface area (Å²) >= 11 is 1.95. The van der Waals surface area contributed by atoms with Gasteiger partial charge in [0.25, 0.3) is 0 Å². The lowest BCUT2D eigenvalue weighted by atomic mass is 10.1. The number of ether oxygens (including phenoxy) is 4. The second-order valence-corrected chi connectivity index (χ2v) is 20.0. The van der Waals surface area contributed by atoms with Gasteiger partial charge < -0.3 is 24.3 Å². The molecule has 0 saturated heterocycles. The Hall–Kier alpha value is -4.79. The molecule has 1 heterocycles. The van der Waals surface area contributed by atoms with Crippen LogP contribution in [0, 0.1) is 3.57 Å². The summed E-state index contributed by atoms with van der Waals surface area (Å²) in [4.78, 5) is 13.1. The molecular weight excluding hydrogens is 900 g/mol. The summed E-state index contributed by atoms with van der Waals surface area (Å²) in [6, 6.07) is 23.8. The van der Waals surface area contributed by atoms with Gasteiger partial charge in [0.15, 0.2) is 9.84 Å². The molecule has 15 nitrogen and oxygen atoms in total. The van der Waals surface area contributed by atoms with Crippen molar-refractivity contribution < 1.29 is 40.6 Å². The van der Waals surface area contributed by atoms with E-state index in [4.69, 9.17) is 18.9 Å². The molecule has 5 aromatic rings. The smallest absolute Gasteiger partial charge is 0.408 e. The van der Waals surface area contributed by atoms with E-state index in [0.29, 0.717) is 31.9 Å². The van der Waals surface area contributed by atoms with Gasteiger partial charge >= 0.3 is 6.09 Å². The highest BCUT2D eigenvalue weighted by molar-refractivity contribution is 14.1. The predicted octanol–water partition coefficient (Wildman–Crippen LogP) is 6.49. The fourth-order valence-electron chi connectivity index (χ4n) is 5.95. The van der Waals surface area contributed by atoms with E-state index in [1.807, 2.05) is 34.7 Å². The highest BCUT2D eigenvalue weighted by Crippen LogP contribution is 2.39. The minimum Gasteiger partial charge on any atom is -0.497 e. The number of nitrogens with zero attached hydrogens (tertiary/aromatic N) is 5. The van der Waals surface area contributed by atoms with Crippen molar-refractivity contribution in [3.63, 3.8) is 0 Å². The summed E-state index contributed by atoms with van der Waals surface area (Å²) < 4.78 is 83.2.